The normalized spacial score (nSPS) is 11.8. The zero-order chi connectivity index (χ0) is 23.9. The fourth-order valence-corrected chi connectivity index (χ4v) is 3.48. The van der Waals surface area contributed by atoms with Gasteiger partial charge in [0.25, 0.3) is 0 Å². The average Bonchev–Trinajstić information content (AvgIpc) is 2.82. The Kier molecular flexibility index (Phi) is 11.4. The van der Waals surface area contributed by atoms with Crippen molar-refractivity contribution in [3.63, 3.8) is 0 Å². The van der Waals surface area contributed by atoms with Gasteiger partial charge in [-0.25, -0.2) is 0 Å². The summed E-state index contributed by atoms with van der Waals surface area (Å²) in [4.78, 5) is 26.8. The van der Waals surface area contributed by atoms with Crippen molar-refractivity contribution < 1.29 is 19.1 Å². The summed E-state index contributed by atoms with van der Waals surface area (Å²) in [7, 11) is 0. The van der Waals surface area contributed by atoms with E-state index in [0.717, 1.165) is 67.3 Å². The van der Waals surface area contributed by atoms with E-state index in [0.29, 0.717) is 19.6 Å². The van der Waals surface area contributed by atoms with Crippen molar-refractivity contribution in [1.82, 2.24) is 4.98 Å². The van der Waals surface area contributed by atoms with E-state index in [1.54, 1.807) is 6.20 Å². The number of esters is 1. The molecule has 1 aromatic heterocycles. The van der Waals surface area contributed by atoms with E-state index < -0.39 is 0 Å². The molecule has 2 rings (SSSR count). The number of carbonyl (C=O) groups is 2. The third-order valence-corrected chi connectivity index (χ3v) is 5.43. The SMILES string of the molecule is CCOC(=O)CCCC/C=C(\c1ccc(OCCCCC(C)(C)C=O)cc1)c1cccnc1. The van der Waals surface area contributed by atoms with Crippen LogP contribution >= 0.6 is 0 Å². The van der Waals surface area contributed by atoms with Crippen molar-refractivity contribution in [2.75, 3.05) is 13.2 Å². The highest BCUT2D eigenvalue weighted by molar-refractivity contribution is 5.79. The number of ether oxygens (including phenoxy) is 2. The van der Waals surface area contributed by atoms with Crippen LogP contribution < -0.4 is 4.74 Å². The number of hydrogen-bond acceptors (Lipinski definition) is 5. The lowest BCUT2D eigenvalue weighted by atomic mass is 9.89. The van der Waals surface area contributed by atoms with Gasteiger partial charge in [-0.2, -0.15) is 0 Å². The third kappa shape index (κ3) is 10.0. The molecule has 1 heterocycles. The van der Waals surface area contributed by atoms with E-state index in [9.17, 15) is 9.59 Å². The Balaban J connectivity index is 1.93. The van der Waals surface area contributed by atoms with Gasteiger partial charge in [-0.1, -0.05) is 38.1 Å². The number of carbonyl (C=O) groups excluding carboxylic acids is 2. The summed E-state index contributed by atoms with van der Waals surface area (Å²) < 4.78 is 10.9. The molecule has 0 aliphatic heterocycles. The number of nitrogens with zero attached hydrogens (tertiary/aromatic N) is 1. The molecule has 0 bridgehead atoms. The summed E-state index contributed by atoms with van der Waals surface area (Å²) in [5.41, 5.74) is 3.04. The van der Waals surface area contributed by atoms with Crippen LogP contribution in [0.3, 0.4) is 0 Å². The van der Waals surface area contributed by atoms with Crippen molar-refractivity contribution >= 4 is 17.8 Å². The van der Waals surface area contributed by atoms with Gasteiger partial charge in [0, 0.05) is 29.8 Å². The maximum absolute atomic E-state index is 11.5. The fraction of sp³-hybridized carbons (Fsp3) is 0.464. The molecule has 0 aliphatic carbocycles. The van der Waals surface area contributed by atoms with Crippen molar-refractivity contribution in [2.24, 2.45) is 5.41 Å². The number of rotatable bonds is 15. The molecular formula is C28H37NO4. The summed E-state index contributed by atoms with van der Waals surface area (Å²) in [5, 5.41) is 0. The molecule has 0 radical (unpaired) electrons. The van der Waals surface area contributed by atoms with Gasteiger partial charge in [0.05, 0.1) is 13.2 Å². The Morgan fingerprint density at radius 2 is 1.82 bits per heavy atom. The number of pyridine rings is 1. The molecule has 0 fully saturated rings. The van der Waals surface area contributed by atoms with Crippen molar-refractivity contribution in [3.8, 4) is 5.75 Å². The zero-order valence-corrected chi connectivity index (χ0v) is 20.2. The van der Waals surface area contributed by atoms with Gasteiger partial charge in [0.15, 0.2) is 0 Å². The molecule has 0 N–H and O–H groups in total. The van der Waals surface area contributed by atoms with E-state index in [2.05, 4.69) is 29.3 Å². The van der Waals surface area contributed by atoms with E-state index in [-0.39, 0.29) is 11.4 Å². The highest BCUT2D eigenvalue weighted by atomic mass is 16.5. The van der Waals surface area contributed by atoms with Crippen molar-refractivity contribution in [2.45, 2.75) is 65.7 Å². The van der Waals surface area contributed by atoms with Crippen LogP contribution in [0.2, 0.25) is 0 Å². The molecule has 0 unspecified atom stereocenters. The van der Waals surface area contributed by atoms with Gasteiger partial charge in [-0.3, -0.25) is 9.78 Å². The van der Waals surface area contributed by atoms with Gasteiger partial charge >= 0.3 is 5.97 Å². The van der Waals surface area contributed by atoms with Crippen molar-refractivity contribution in [1.29, 1.82) is 0 Å². The summed E-state index contributed by atoms with van der Waals surface area (Å²) in [6.07, 6.45) is 12.7. The molecule has 0 saturated carbocycles. The van der Waals surface area contributed by atoms with Crippen LogP contribution in [0, 0.1) is 5.41 Å². The lowest BCUT2D eigenvalue weighted by Crippen LogP contribution is -2.13. The van der Waals surface area contributed by atoms with Gasteiger partial charge in [-0.15, -0.1) is 0 Å². The quantitative estimate of drug-likeness (QED) is 0.178. The molecular weight excluding hydrogens is 414 g/mol. The van der Waals surface area contributed by atoms with E-state index >= 15 is 0 Å². The van der Waals surface area contributed by atoms with Gasteiger partial charge in [-0.05, 0) is 74.8 Å². The van der Waals surface area contributed by atoms with Crippen LogP contribution in [0.25, 0.3) is 5.57 Å². The molecule has 1 aromatic carbocycles. The van der Waals surface area contributed by atoms with E-state index in [1.165, 1.54) is 0 Å². The maximum Gasteiger partial charge on any atom is 0.305 e. The first-order valence-corrected chi connectivity index (χ1v) is 11.9. The van der Waals surface area contributed by atoms with Crippen LogP contribution in [-0.4, -0.2) is 30.5 Å². The summed E-state index contributed by atoms with van der Waals surface area (Å²) >= 11 is 0. The lowest BCUT2D eigenvalue weighted by molar-refractivity contribution is -0.143. The Bertz CT molecular complexity index is 873. The second kappa shape index (κ2) is 14.2. The van der Waals surface area contributed by atoms with E-state index in [1.807, 2.05) is 45.2 Å². The monoisotopic (exact) mass is 451 g/mol. The predicted octanol–water partition coefficient (Wildman–Crippen LogP) is 6.41. The Morgan fingerprint density at radius 3 is 2.48 bits per heavy atom. The molecule has 33 heavy (non-hydrogen) atoms. The number of aldehydes is 1. The molecule has 0 aliphatic rings. The Hall–Kier alpha value is -2.95. The minimum Gasteiger partial charge on any atom is -0.494 e. The van der Waals surface area contributed by atoms with Crippen LogP contribution in [0.1, 0.15) is 76.8 Å². The van der Waals surface area contributed by atoms with Gasteiger partial charge in [0.2, 0.25) is 0 Å². The minimum absolute atomic E-state index is 0.128. The molecule has 0 amide bonds. The van der Waals surface area contributed by atoms with Crippen LogP contribution in [0.5, 0.6) is 5.75 Å². The maximum atomic E-state index is 11.5. The summed E-state index contributed by atoms with van der Waals surface area (Å²) in [5.74, 6) is 0.713. The molecule has 5 heteroatoms. The van der Waals surface area contributed by atoms with Crippen LogP contribution in [0.15, 0.2) is 54.9 Å². The third-order valence-electron chi connectivity index (χ3n) is 5.43. The Morgan fingerprint density at radius 1 is 1.03 bits per heavy atom. The highest BCUT2D eigenvalue weighted by Gasteiger charge is 2.15. The minimum atomic E-state index is -0.254. The summed E-state index contributed by atoms with van der Waals surface area (Å²) in [6.45, 7) is 6.83. The highest BCUT2D eigenvalue weighted by Crippen LogP contribution is 2.26. The topological polar surface area (TPSA) is 65.5 Å². The van der Waals surface area contributed by atoms with Gasteiger partial charge in [0.1, 0.15) is 12.0 Å². The largest absolute Gasteiger partial charge is 0.494 e. The van der Waals surface area contributed by atoms with Gasteiger partial charge < -0.3 is 14.3 Å². The number of hydrogen-bond donors (Lipinski definition) is 0. The molecule has 5 nitrogen and oxygen atoms in total. The first-order valence-electron chi connectivity index (χ1n) is 11.9. The second-order valence-corrected chi connectivity index (χ2v) is 8.85. The standard InChI is InChI=1S/C28H37NO4/c1-4-32-27(31)13-7-5-6-12-26(24-11-10-19-29-21-24)23-14-16-25(17-15-23)33-20-9-8-18-28(2,3)22-30/h10-12,14-17,19,21-22H,4-9,13,18,20H2,1-3H3/b26-12+. The molecule has 0 spiro atoms. The predicted molar refractivity (Wildman–Crippen MR) is 132 cm³/mol. The lowest BCUT2D eigenvalue weighted by Gasteiger charge is -2.16. The summed E-state index contributed by atoms with van der Waals surface area (Å²) in [6, 6.07) is 12.1. The van der Waals surface area contributed by atoms with Crippen LogP contribution in [0.4, 0.5) is 0 Å². The number of allylic oxidation sites excluding steroid dienone is 1. The Labute approximate surface area is 198 Å². The van der Waals surface area contributed by atoms with Crippen LogP contribution in [-0.2, 0) is 14.3 Å². The number of aromatic nitrogens is 1. The number of benzene rings is 1. The molecule has 2 aromatic rings. The average molecular weight is 452 g/mol. The smallest absolute Gasteiger partial charge is 0.305 e. The molecule has 0 atom stereocenters. The second-order valence-electron chi connectivity index (χ2n) is 8.85. The fourth-order valence-electron chi connectivity index (χ4n) is 3.48. The molecule has 0 saturated heterocycles. The number of unbranched alkanes of at least 4 members (excludes halogenated alkanes) is 3. The first kappa shape index (κ1) is 26.3. The van der Waals surface area contributed by atoms with E-state index in [4.69, 9.17) is 9.47 Å². The first-order chi connectivity index (χ1) is 15.9. The molecule has 178 valence electrons. The zero-order valence-electron chi connectivity index (χ0n) is 20.2. The van der Waals surface area contributed by atoms with Crippen molar-refractivity contribution in [3.05, 3.63) is 66.0 Å².